The van der Waals surface area contributed by atoms with Gasteiger partial charge in [0.05, 0.1) is 17.7 Å². The number of rotatable bonds is 7. The van der Waals surface area contributed by atoms with Crippen molar-refractivity contribution in [3.63, 3.8) is 0 Å². The van der Waals surface area contributed by atoms with Gasteiger partial charge in [0.15, 0.2) is 0 Å². The number of methoxy groups -OCH3 is 1. The standard InChI is InChI=1S/C23H29FN4O3/c1-30-21-11-16-14-28(13-15(16)10-19(21)27-22-4-2-3-8-26-22)23(29)18-12-17(24)5-6-20(18)31-9-7-25/h2-6,8,12,15-16,19,21H,7,9-11,13-14,25H2,1H3,(H,26,27)/t15-,16+,19-,21-/m1/s1. The molecule has 7 nitrogen and oxygen atoms in total. The van der Waals surface area contributed by atoms with Gasteiger partial charge in [-0.1, -0.05) is 6.07 Å². The number of hydrogen-bond donors (Lipinski definition) is 2. The lowest BCUT2D eigenvalue weighted by molar-refractivity contribution is 0.0304. The molecule has 1 saturated heterocycles. The fourth-order valence-corrected chi connectivity index (χ4v) is 4.76. The number of nitrogens with one attached hydrogen (secondary N) is 1. The Morgan fingerprint density at radius 3 is 2.77 bits per heavy atom. The Kier molecular flexibility index (Phi) is 6.67. The van der Waals surface area contributed by atoms with Gasteiger partial charge in [-0.3, -0.25) is 4.79 Å². The predicted octanol–water partition coefficient (Wildman–Crippen LogP) is 2.54. The van der Waals surface area contributed by atoms with E-state index in [-0.39, 0.29) is 30.2 Å². The molecule has 1 aliphatic heterocycles. The van der Waals surface area contributed by atoms with Gasteiger partial charge in [0.1, 0.15) is 24.0 Å². The number of aromatic nitrogens is 1. The van der Waals surface area contributed by atoms with Gasteiger partial charge in [-0.25, -0.2) is 9.37 Å². The summed E-state index contributed by atoms with van der Waals surface area (Å²) in [7, 11) is 1.73. The van der Waals surface area contributed by atoms with Gasteiger partial charge in [-0.2, -0.15) is 0 Å². The first-order valence-corrected chi connectivity index (χ1v) is 10.7. The summed E-state index contributed by atoms with van der Waals surface area (Å²) >= 11 is 0. The molecule has 8 heteroatoms. The van der Waals surface area contributed by atoms with Crippen molar-refractivity contribution >= 4 is 11.7 Å². The Balaban J connectivity index is 1.47. The number of nitrogens with zero attached hydrogens (tertiary/aromatic N) is 2. The van der Waals surface area contributed by atoms with Gasteiger partial charge in [-0.15, -0.1) is 0 Å². The molecule has 0 bridgehead atoms. The summed E-state index contributed by atoms with van der Waals surface area (Å²) in [6.45, 7) is 1.86. The average molecular weight is 429 g/mol. The smallest absolute Gasteiger partial charge is 0.257 e. The molecule has 4 rings (SSSR count). The molecule has 2 aliphatic rings. The molecular formula is C23H29FN4O3. The summed E-state index contributed by atoms with van der Waals surface area (Å²) in [5, 5.41) is 3.49. The number of carbonyl (C=O) groups excluding carboxylic acids is 1. The number of nitrogens with two attached hydrogens (primary N) is 1. The van der Waals surface area contributed by atoms with E-state index in [1.807, 2.05) is 23.1 Å². The third-order valence-corrected chi connectivity index (χ3v) is 6.25. The van der Waals surface area contributed by atoms with E-state index >= 15 is 0 Å². The zero-order chi connectivity index (χ0) is 21.8. The number of pyridine rings is 1. The van der Waals surface area contributed by atoms with Gasteiger partial charge in [-0.05, 0) is 55.0 Å². The Morgan fingerprint density at radius 1 is 1.26 bits per heavy atom. The highest BCUT2D eigenvalue weighted by molar-refractivity contribution is 5.97. The van der Waals surface area contributed by atoms with Crippen molar-refractivity contribution < 1.29 is 18.7 Å². The maximum Gasteiger partial charge on any atom is 0.257 e. The molecule has 31 heavy (non-hydrogen) atoms. The molecule has 2 aromatic rings. The molecule has 1 aromatic carbocycles. The van der Waals surface area contributed by atoms with Gasteiger partial charge in [0.25, 0.3) is 5.91 Å². The van der Waals surface area contributed by atoms with Crippen LogP contribution in [0.2, 0.25) is 0 Å². The van der Waals surface area contributed by atoms with Crippen molar-refractivity contribution in [2.75, 3.05) is 38.7 Å². The highest BCUT2D eigenvalue weighted by Gasteiger charge is 2.44. The van der Waals surface area contributed by atoms with E-state index in [1.165, 1.54) is 18.2 Å². The van der Waals surface area contributed by atoms with Crippen LogP contribution in [0.15, 0.2) is 42.6 Å². The van der Waals surface area contributed by atoms with Crippen LogP contribution in [0.5, 0.6) is 5.75 Å². The molecule has 0 spiro atoms. The van der Waals surface area contributed by atoms with Crippen molar-refractivity contribution in [2.45, 2.75) is 25.0 Å². The number of carbonyl (C=O) groups is 1. The maximum absolute atomic E-state index is 13.9. The molecule has 4 atom stereocenters. The minimum Gasteiger partial charge on any atom is -0.491 e. The quantitative estimate of drug-likeness (QED) is 0.705. The van der Waals surface area contributed by atoms with Crippen LogP contribution in [0.25, 0.3) is 0 Å². The summed E-state index contributed by atoms with van der Waals surface area (Å²) in [6.07, 6.45) is 3.53. The number of amides is 1. The van der Waals surface area contributed by atoms with E-state index in [2.05, 4.69) is 10.3 Å². The minimum absolute atomic E-state index is 0.0379. The molecule has 1 amide bonds. The van der Waals surface area contributed by atoms with Gasteiger partial charge in [0.2, 0.25) is 0 Å². The summed E-state index contributed by atoms with van der Waals surface area (Å²) in [5.74, 6) is 1.22. The van der Waals surface area contributed by atoms with Crippen molar-refractivity contribution in [3.05, 3.63) is 54.0 Å². The fraction of sp³-hybridized carbons (Fsp3) is 0.478. The van der Waals surface area contributed by atoms with E-state index < -0.39 is 5.82 Å². The molecule has 3 N–H and O–H groups in total. The molecule has 0 unspecified atom stereocenters. The van der Waals surface area contributed by atoms with Crippen LogP contribution in [-0.4, -0.2) is 61.3 Å². The van der Waals surface area contributed by atoms with Crippen molar-refractivity contribution in [1.29, 1.82) is 0 Å². The first-order valence-electron chi connectivity index (χ1n) is 10.7. The Labute approximate surface area is 181 Å². The minimum atomic E-state index is -0.459. The zero-order valence-corrected chi connectivity index (χ0v) is 17.7. The van der Waals surface area contributed by atoms with Crippen molar-refractivity contribution in [2.24, 2.45) is 17.6 Å². The van der Waals surface area contributed by atoms with Gasteiger partial charge >= 0.3 is 0 Å². The first kappa shape index (κ1) is 21.5. The van der Waals surface area contributed by atoms with Crippen LogP contribution in [-0.2, 0) is 4.74 Å². The lowest BCUT2D eigenvalue weighted by atomic mass is 9.77. The van der Waals surface area contributed by atoms with Gasteiger partial charge in [0, 0.05) is 32.9 Å². The van der Waals surface area contributed by atoms with Crippen LogP contribution in [0.4, 0.5) is 10.2 Å². The molecule has 2 heterocycles. The van der Waals surface area contributed by atoms with Crippen molar-refractivity contribution in [1.82, 2.24) is 9.88 Å². The molecule has 1 aliphatic carbocycles. The summed E-state index contributed by atoms with van der Waals surface area (Å²) in [6, 6.07) is 9.93. The van der Waals surface area contributed by atoms with E-state index in [0.717, 1.165) is 18.7 Å². The Morgan fingerprint density at radius 2 is 2.06 bits per heavy atom. The Hall–Kier alpha value is -2.71. The molecule has 0 radical (unpaired) electrons. The maximum atomic E-state index is 13.9. The largest absolute Gasteiger partial charge is 0.491 e. The molecule has 2 fully saturated rings. The summed E-state index contributed by atoms with van der Waals surface area (Å²) in [5.41, 5.74) is 5.76. The zero-order valence-electron chi connectivity index (χ0n) is 17.7. The second kappa shape index (κ2) is 9.62. The van der Waals surface area contributed by atoms with E-state index in [0.29, 0.717) is 37.2 Å². The summed E-state index contributed by atoms with van der Waals surface area (Å²) < 4.78 is 25.2. The number of halogens is 1. The SMILES string of the molecule is CO[C@@H]1C[C@H]2CN(C(=O)c3cc(F)ccc3OCCN)C[C@H]2C[C@H]1Nc1ccccn1. The topological polar surface area (TPSA) is 89.7 Å². The highest BCUT2D eigenvalue weighted by Crippen LogP contribution is 2.39. The number of fused-ring (bicyclic) bond motifs is 1. The van der Waals surface area contributed by atoms with E-state index in [1.54, 1.807) is 13.3 Å². The van der Waals surface area contributed by atoms with Crippen LogP contribution in [0.1, 0.15) is 23.2 Å². The molecule has 1 saturated carbocycles. The van der Waals surface area contributed by atoms with Crippen LogP contribution in [0, 0.1) is 17.7 Å². The Bertz CT molecular complexity index is 898. The number of anilines is 1. The fourth-order valence-electron chi connectivity index (χ4n) is 4.76. The monoisotopic (exact) mass is 428 g/mol. The predicted molar refractivity (Wildman–Crippen MR) is 116 cm³/mol. The van der Waals surface area contributed by atoms with Gasteiger partial charge < -0.3 is 25.4 Å². The van der Waals surface area contributed by atoms with Crippen LogP contribution >= 0.6 is 0 Å². The third-order valence-electron chi connectivity index (χ3n) is 6.25. The lowest BCUT2D eigenvalue weighted by Crippen LogP contribution is -2.44. The third kappa shape index (κ3) is 4.80. The van der Waals surface area contributed by atoms with E-state index in [9.17, 15) is 9.18 Å². The highest BCUT2D eigenvalue weighted by atomic mass is 19.1. The van der Waals surface area contributed by atoms with E-state index in [4.69, 9.17) is 15.2 Å². The van der Waals surface area contributed by atoms with Crippen LogP contribution < -0.4 is 15.8 Å². The molecule has 1 aromatic heterocycles. The average Bonchev–Trinajstić information content (AvgIpc) is 3.20. The summed E-state index contributed by atoms with van der Waals surface area (Å²) in [4.78, 5) is 19.4. The number of ether oxygens (including phenoxy) is 2. The second-order valence-corrected chi connectivity index (χ2v) is 8.22. The van der Waals surface area contributed by atoms with Crippen LogP contribution in [0.3, 0.4) is 0 Å². The molecular weight excluding hydrogens is 399 g/mol. The first-order chi connectivity index (χ1) is 15.1. The lowest BCUT2D eigenvalue weighted by Gasteiger charge is -2.37. The van der Waals surface area contributed by atoms with Crippen molar-refractivity contribution in [3.8, 4) is 5.75 Å². The normalized spacial score (nSPS) is 25.2. The second-order valence-electron chi connectivity index (χ2n) is 8.22. The molecule has 166 valence electrons. The number of likely N-dealkylation sites (tertiary alicyclic amines) is 1. The number of hydrogen-bond acceptors (Lipinski definition) is 6. The number of benzene rings is 1.